The van der Waals surface area contributed by atoms with Crippen LogP contribution >= 0.6 is 24.0 Å². The molecule has 0 radical (unpaired) electrons. The summed E-state index contributed by atoms with van der Waals surface area (Å²) in [4.78, 5) is 15.5. The van der Waals surface area contributed by atoms with Gasteiger partial charge < -0.3 is 25.8 Å². The van der Waals surface area contributed by atoms with E-state index in [0.29, 0.717) is 36.1 Å². The van der Waals surface area contributed by atoms with Crippen molar-refractivity contribution in [2.24, 2.45) is 10.7 Å². The summed E-state index contributed by atoms with van der Waals surface area (Å²) in [5.74, 6) is 1.67. The second-order valence-corrected chi connectivity index (χ2v) is 5.86. The maximum atomic E-state index is 11.3. The van der Waals surface area contributed by atoms with Crippen molar-refractivity contribution in [3.63, 3.8) is 0 Å². The van der Waals surface area contributed by atoms with Crippen molar-refractivity contribution in [3.05, 3.63) is 59.2 Å². The van der Waals surface area contributed by atoms with Crippen LogP contribution in [0.5, 0.6) is 11.5 Å². The van der Waals surface area contributed by atoms with Gasteiger partial charge in [-0.15, -0.1) is 24.0 Å². The Morgan fingerprint density at radius 1 is 1.04 bits per heavy atom. The number of benzene rings is 2. The first-order valence-corrected chi connectivity index (χ1v) is 8.61. The monoisotopic (exact) mass is 498 g/mol. The van der Waals surface area contributed by atoms with Gasteiger partial charge in [-0.2, -0.15) is 0 Å². The summed E-state index contributed by atoms with van der Waals surface area (Å²) >= 11 is 0. The SMILES string of the molecule is CN=C(NCCc1ccc(OC)c(OC)c1)NCc1cccc(C(N)=O)c1.I. The Morgan fingerprint density at radius 3 is 2.43 bits per heavy atom. The van der Waals surface area contributed by atoms with Crippen LogP contribution < -0.4 is 25.8 Å². The molecule has 0 heterocycles. The Morgan fingerprint density at radius 2 is 1.79 bits per heavy atom. The Hall–Kier alpha value is -2.49. The van der Waals surface area contributed by atoms with Gasteiger partial charge in [0.2, 0.25) is 5.91 Å². The van der Waals surface area contributed by atoms with Crippen LogP contribution in [0.4, 0.5) is 0 Å². The third-order valence-electron chi connectivity index (χ3n) is 4.05. The van der Waals surface area contributed by atoms with E-state index < -0.39 is 5.91 Å². The lowest BCUT2D eigenvalue weighted by atomic mass is 10.1. The number of hydrogen-bond acceptors (Lipinski definition) is 4. The molecule has 2 aromatic rings. The van der Waals surface area contributed by atoms with E-state index in [0.717, 1.165) is 17.5 Å². The molecular weight excluding hydrogens is 471 g/mol. The van der Waals surface area contributed by atoms with Crippen LogP contribution in [0, 0.1) is 0 Å². The lowest BCUT2D eigenvalue weighted by Crippen LogP contribution is -2.37. The van der Waals surface area contributed by atoms with Gasteiger partial charge in [-0.1, -0.05) is 18.2 Å². The first kappa shape index (κ1) is 23.5. The maximum Gasteiger partial charge on any atom is 0.248 e. The van der Waals surface area contributed by atoms with Gasteiger partial charge >= 0.3 is 0 Å². The zero-order valence-electron chi connectivity index (χ0n) is 16.3. The number of nitrogens with two attached hydrogens (primary N) is 1. The molecule has 152 valence electrons. The molecule has 0 aliphatic carbocycles. The average molecular weight is 498 g/mol. The summed E-state index contributed by atoms with van der Waals surface area (Å²) in [7, 11) is 4.96. The summed E-state index contributed by atoms with van der Waals surface area (Å²) in [6.45, 7) is 1.24. The minimum Gasteiger partial charge on any atom is -0.493 e. The number of amides is 1. The van der Waals surface area contributed by atoms with Crippen LogP contribution in [0.25, 0.3) is 0 Å². The van der Waals surface area contributed by atoms with Crippen LogP contribution in [0.3, 0.4) is 0 Å². The summed E-state index contributed by atoms with van der Waals surface area (Å²) in [6.07, 6.45) is 0.804. The van der Waals surface area contributed by atoms with Gasteiger partial charge in [-0.3, -0.25) is 9.79 Å². The summed E-state index contributed by atoms with van der Waals surface area (Å²) < 4.78 is 10.6. The predicted octanol–water partition coefficient (Wildman–Crippen LogP) is 2.33. The number of rotatable bonds is 8. The van der Waals surface area contributed by atoms with E-state index in [-0.39, 0.29) is 24.0 Å². The fourth-order valence-electron chi connectivity index (χ4n) is 2.60. The molecule has 4 N–H and O–H groups in total. The van der Waals surface area contributed by atoms with Gasteiger partial charge in [-0.25, -0.2) is 0 Å². The van der Waals surface area contributed by atoms with Crippen LogP contribution in [0.1, 0.15) is 21.5 Å². The Balaban J connectivity index is 0.00000392. The second-order valence-electron chi connectivity index (χ2n) is 5.86. The van der Waals surface area contributed by atoms with Crippen LogP contribution in [0.15, 0.2) is 47.5 Å². The third kappa shape index (κ3) is 6.91. The smallest absolute Gasteiger partial charge is 0.248 e. The lowest BCUT2D eigenvalue weighted by molar-refractivity contribution is 0.1000. The topological polar surface area (TPSA) is 98.0 Å². The standard InChI is InChI=1S/C20H26N4O3.HI/c1-22-20(24-13-15-5-4-6-16(11-15)19(21)25)23-10-9-14-7-8-17(26-2)18(12-14)27-3;/h4-8,11-12H,9-10,13H2,1-3H3,(H2,21,25)(H2,22,23,24);1H. The molecule has 0 bridgehead atoms. The fourth-order valence-corrected chi connectivity index (χ4v) is 2.60. The minimum absolute atomic E-state index is 0. The van der Waals surface area contributed by atoms with Crippen molar-refractivity contribution in [3.8, 4) is 11.5 Å². The Kier molecular flexibility index (Phi) is 10.1. The Labute approximate surface area is 182 Å². The van der Waals surface area contributed by atoms with Crippen molar-refractivity contribution in [2.75, 3.05) is 27.8 Å². The molecule has 1 amide bonds. The van der Waals surface area contributed by atoms with E-state index in [4.69, 9.17) is 15.2 Å². The van der Waals surface area contributed by atoms with Gasteiger partial charge in [0.25, 0.3) is 0 Å². The largest absolute Gasteiger partial charge is 0.493 e. The Bertz CT molecular complexity index is 812. The van der Waals surface area contributed by atoms with Crippen molar-refractivity contribution in [2.45, 2.75) is 13.0 Å². The van der Waals surface area contributed by atoms with E-state index in [1.54, 1.807) is 33.4 Å². The zero-order chi connectivity index (χ0) is 19.6. The zero-order valence-corrected chi connectivity index (χ0v) is 18.7. The van der Waals surface area contributed by atoms with Gasteiger partial charge in [0.15, 0.2) is 17.5 Å². The first-order valence-electron chi connectivity index (χ1n) is 8.61. The quantitative estimate of drug-likeness (QED) is 0.295. The van der Waals surface area contributed by atoms with Crippen molar-refractivity contribution < 1.29 is 14.3 Å². The molecule has 0 unspecified atom stereocenters. The molecule has 0 atom stereocenters. The van der Waals surface area contributed by atoms with Crippen LogP contribution in [0.2, 0.25) is 0 Å². The number of methoxy groups -OCH3 is 2. The first-order chi connectivity index (χ1) is 13.1. The molecule has 0 aliphatic heterocycles. The highest BCUT2D eigenvalue weighted by Gasteiger charge is 2.06. The van der Waals surface area contributed by atoms with Gasteiger partial charge in [0, 0.05) is 25.7 Å². The molecule has 0 saturated carbocycles. The normalized spacial score (nSPS) is 10.6. The summed E-state index contributed by atoms with van der Waals surface area (Å²) in [6, 6.07) is 13.1. The number of ether oxygens (including phenoxy) is 2. The van der Waals surface area contributed by atoms with E-state index in [1.165, 1.54) is 0 Å². The summed E-state index contributed by atoms with van der Waals surface area (Å²) in [5, 5.41) is 6.49. The van der Waals surface area contributed by atoms with Crippen LogP contribution in [-0.2, 0) is 13.0 Å². The highest BCUT2D eigenvalue weighted by Crippen LogP contribution is 2.27. The van der Waals surface area contributed by atoms with Crippen molar-refractivity contribution in [1.29, 1.82) is 0 Å². The number of guanidine groups is 1. The highest BCUT2D eigenvalue weighted by atomic mass is 127. The number of halogens is 1. The maximum absolute atomic E-state index is 11.3. The summed E-state index contributed by atoms with van der Waals surface area (Å²) in [5.41, 5.74) is 7.89. The second kappa shape index (κ2) is 12.1. The molecule has 0 aromatic heterocycles. The van der Waals surface area contributed by atoms with Gasteiger partial charge in [-0.05, 0) is 41.8 Å². The number of carbonyl (C=O) groups excluding carboxylic acids is 1. The molecule has 7 nitrogen and oxygen atoms in total. The molecule has 0 spiro atoms. The number of hydrogen-bond donors (Lipinski definition) is 3. The van der Waals surface area contributed by atoms with Gasteiger partial charge in [0.1, 0.15) is 0 Å². The number of primary amides is 1. The average Bonchev–Trinajstić information content (AvgIpc) is 2.70. The lowest BCUT2D eigenvalue weighted by Gasteiger charge is -2.13. The molecule has 0 fully saturated rings. The van der Waals surface area contributed by atoms with Crippen molar-refractivity contribution in [1.82, 2.24) is 10.6 Å². The van der Waals surface area contributed by atoms with Crippen LogP contribution in [-0.4, -0.2) is 39.7 Å². The van der Waals surface area contributed by atoms with E-state index in [1.807, 2.05) is 30.3 Å². The van der Waals surface area contributed by atoms with Gasteiger partial charge in [0.05, 0.1) is 14.2 Å². The van der Waals surface area contributed by atoms with E-state index in [9.17, 15) is 4.79 Å². The molecule has 2 aromatic carbocycles. The highest BCUT2D eigenvalue weighted by molar-refractivity contribution is 14.0. The number of aliphatic imine (C=N–C) groups is 1. The van der Waals surface area contributed by atoms with E-state index >= 15 is 0 Å². The molecule has 0 aliphatic rings. The predicted molar refractivity (Wildman–Crippen MR) is 122 cm³/mol. The molecule has 0 saturated heterocycles. The molecule has 28 heavy (non-hydrogen) atoms. The number of carbonyl (C=O) groups is 1. The van der Waals surface area contributed by atoms with Crippen molar-refractivity contribution >= 4 is 35.8 Å². The third-order valence-corrected chi connectivity index (χ3v) is 4.05. The minimum atomic E-state index is -0.436. The number of nitrogens with one attached hydrogen (secondary N) is 2. The number of nitrogens with zero attached hydrogens (tertiary/aromatic N) is 1. The molecule has 2 rings (SSSR count). The molecule has 8 heteroatoms. The van der Waals surface area contributed by atoms with E-state index in [2.05, 4.69) is 15.6 Å². The molecular formula is C20H27IN4O3. The fraction of sp³-hybridized carbons (Fsp3) is 0.300.